The van der Waals surface area contributed by atoms with E-state index in [0.29, 0.717) is 0 Å². The molecule has 2 saturated carbocycles. The maximum atomic E-state index is 3.75. The monoisotopic (exact) mass is 650 g/mol. The van der Waals surface area contributed by atoms with Crippen molar-refractivity contribution in [3.05, 3.63) is 122 Å². The van der Waals surface area contributed by atoms with Crippen molar-refractivity contribution in [2.45, 2.75) is 86.0 Å². The molecule has 200 valence electrons. The van der Waals surface area contributed by atoms with Gasteiger partial charge in [-0.2, -0.15) is 5.92 Å². The van der Waals surface area contributed by atoms with E-state index in [4.69, 9.17) is 0 Å². The van der Waals surface area contributed by atoms with E-state index < -0.39 is 0 Å². The first-order valence-corrected chi connectivity index (χ1v) is 13.7. The minimum Gasteiger partial charge on any atom is -0.358 e. The van der Waals surface area contributed by atoms with Crippen molar-refractivity contribution in [3.8, 4) is 0 Å². The summed E-state index contributed by atoms with van der Waals surface area (Å²) in [6.07, 6.45) is 10.7. The molecule has 37 heavy (non-hydrogen) atoms. The minimum absolute atomic E-state index is 0. The number of hydrogen-bond donors (Lipinski definition) is 0. The summed E-state index contributed by atoms with van der Waals surface area (Å²) in [7, 11) is 0. The van der Waals surface area contributed by atoms with Gasteiger partial charge in [-0.15, -0.1) is 0 Å². The van der Waals surface area contributed by atoms with Crippen LogP contribution in [-0.4, -0.2) is 0 Å². The van der Waals surface area contributed by atoms with Crippen LogP contribution in [0.3, 0.4) is 0 Å². The Morgan fingerprint density at radius 2 is 0.946 bits per heavy atom. The minimum atomic E-state index is 0. The SMILES string of the molecule is CC.CC.CCCC1CC1.[CH2-]C1CC1.[CH3-].[Y].[Y].c1ccc(Cc2cccc(Cc3ccccc3)c2)cc1. The second kappa shape index (κ2) is 27.4. The fourth-order valence-electron chi connectivity index (χ4n) is 3.45. The Labute approximate surface area is 282 Å². The van der Waals surface area contributed by atoms with Gasteiger partial charge in [0.05, 0.1) is 0 Å². The van der Waals surface area contributed by atoms with E-state index in [1.165, 1.54) is 60.8 Å². The first-order chi connectivity index (χ1) is 16.7. The van der Waals surface area contributed by atoms with Crippen LogP contribution in [0.25, 0.3) is 0 Å². The van der Waals surface area contributed by atoms with Gasteiger partial charge in [0.2, 0.25) is 0 Å². The molecule has 0 N–H and O–H groups in total. The van der Waals surface area contributed by atoms with Crippen LogP contribution in [0.1, 0.15) is 95.4 Å². The number of benzene rings is 3. The number of hydrogen-bond acceptors (Lipinski definition) is 0. The van der Waals surface area contributed by atoms with Crippen molar-refractivity contribution in [2.75, 3.05) is 0 Å². The summed E-state index contributed by atoms with van der Waals surface area (Å²) in [5.74, 6) is 1.98. The van der Waals surface area contributed by atoms with Gasteiger partial charge in [-0.3, -0.25) is 0 Å². The molecular formula is C35H52Y2-2. The van der Waals surface area contributed by atoms with Crippen molar-refractivity contribution < 1.29 is 65.4 Å². The summed E-state index contributed by atoms with van der Waals surface area (Å²) in [5, 5.41) is 0. The average molecular weight is 651 g/mol. The van der Waals surface area contributed by atoms with Crippen molar-refractivity contribution in [1.29, 1.82) is 0 Å². The van der Waals surface area contributed by atoms with Gasteiger partial charge >= 0.3 is 0 Å². The summed E-state index contributed by atoms with van der Waals surface area (Å²) >= 11 is 0. The molecule has 3 aromatic rings. The molecule has 2 fully saturated rings. The fourth-order valence-corrected chi connectivity index (χ4v) is 3.45. The second-order valence-electron chi connectivity index (χ2n) is 8.82. The zero-order valence-corrected chi connectivity index (χ0v) is 30.4. The predicted octanol–water partition coefficient (Wildman–Crippen LogP) is 10.8. The molecule has 0 aromatic heterocycles. The maximum absolute atomic E-state index is 3.75. The predicted molar refractivity (Wildman–Crippen MR) is 160 cm³/mol. The molecule has 2 aliphatic rings. The third kappa shape index (κ3) is 22.4. The molecular weight excluding hydrogens is 598 g/mol. The largest absolute Gasteiger partial charge is 0.358 e. The summed E-state index contributed by atoms with van der Waals surface area (Å²) in [6, 6.07) is 30.2. The number of rotatable bonds is 6. The van der Waals surface area contributed by atoms with Gasteiger partial charge in [0.15, 0.2) is 0 Å². The molecule has 0 saturated heterocycles. The normalized spacial score (nSPS) is 12.3. The van der Waals surface area contributed by atoms with E-state index in [0.717, 1.165) is 24.7 Å². The van der Waals surface area contributed by atoms with Crippen LogP contribution in [-0.2, 0) is 78.3 Å². The van der Waals surface area contributed by atoms with Gasteiger partial charge in [-0.25, -0.2) is 0 Å². The van der Waals surface area contributed by atoms with E-state index in [9.17, 15) is 0 Å². The van der Waals surface area contributed by atoms with E-state index in [1.54, 1.807) is 0 Å². The van der Waals surface area contributed by atoms with Crippen molar-refractivity contribution in [2.24, 2.45) is 11.8 Å². The van der Waals surface area contributed by atoms with Crippen LogP contribution in [0.4, 0.5) is 0 Å². The van der Waals surface area contributed by atoms with Gasteiger partial charge in [0.1, 0.15) is 0 Å². The van der Waals surface area contributed by atoms with Gasteiger partial charge in [0.25, 0.3) is 0 Å². The Morgan fingerprint density at radius 3 is 1.22 bits per heavy atom. The molecule has 0 aliphatic heterocycles. The van der Waals surface area contributed by atoms with Gasteiger partial charge in [-0.1, -0.05) is 158 Å². The zero-order valence-electron chi connectivity index (χ0n) is 24.8. The molecule has 0 amide bonds. The van der Waals surface area contributed by atoms with E-state index >= 15 is 0 Å². The van der Waals surface area contributed by atoms with Gasteiger partial charge in [0, 0.05) is 65.4 Å². The molecule has 5 rings (SSSR count). The molecule has 0 heterocycles. The molecule has 0 unspecified atom stereocenters. The van der Waals surface area contributed by atoms with Crippen LogP contribution in [0.2, 0.25) is 0 Å². The van der Waals surface area contributed by atoms with Crippen molar-refractivity contribution in [1.82, 2.24) is 0 Å². The Bertz CT molecular complexity index is 781. The molecule has 0 atom stereocenters. The molecule has 2 heteroatoms. The van der Waals surface area contributed by atoms with Crippen molar-refractivity contribution >= 4 is 0 Å². The molecule has 2 aliphatic carbocycles. The second-order valence-corrected chi connectivity index (χ2v) is 8.82. The third-order valence-electron chi connectivity index (χ3n) is 5.58. The molecule has 2 radical (unpaired) electrons. The maximum Gasteiger partial charge on any atom is 0 e. The van der Waals surface area contributed by atoms with Crippen LogP contribution in [0.15, 0.2) is 84.9 Å². The summed E-state index contributed by atoms with van der Waals surface area (Å²) in [4.78, 5) is 0. The standard InChI is InChI=1S/C20H18.C6H12.C4H7.2C2H6.CH3.2Y/c1-3-8-17(9-4-1)14-19-12-7-13-20(16-19)15-18-10-5-2-6-11-18;1-2-3-6-4-5-6;1-4-2-3-4;2*1-2;;;/h1-13,16H,14-15H2;6H,2-5H2,1H3;4H,1-3H2;2*1-2H3;1H3;;/q;;-1;;;-1;;. The fraction of sp³-hybridized carbons (Fsp3) is 0.429. The van der Waals surface area contributed by atoms with E-state index in [2.05, 4.69) is 98.8 Å². The Hall–Kier alpha value is -0.132. The third-order valence-corrected chi connectivity index (χ3v) is 5.58. The van der Waals surface area contributed by atoms with Crippen LogP contribution in [0, 0.1) is 26.2 Å². The van der Waals surface area contributed by atoms with E-state index in [-0.39, 0.29) is 72.8 Å². The van der Waals surface area contributed by atoms with E-state index in [1.807, 2.05) is 27.7 Å². The first kappa shape index (κ1) is 41.4. The summed E-state index contributed by atoms with van der Waals surface area (Å²) < 4.78 is 0. The summed E-state index contributed by atoms with van der Waals surface area (Å²) in [6.45, 7) is 14.0. The molecule has 0 spiro atoms. The molecule has 0 nitrogen and oxygen atoms in total. The molecule has 3 aromatic carbocycles. The Balaban J connectivity index is -0.000000566. The van der Waals surface area contributed by atoms with Crippen LogP contribution in [0.5, 0.6) is 0 Å². The Kier molecular flexibility index (Phi) is 30.7. The molecule has 0 bridgehead atoms. The topological polar surface area (TPSA) is 0 Å². The Morgan fingerprint density at radius 1 is 0.595 bits per heavy atom. The average Bonchev–Trinajstić information content (AvgIpc) is 3.83. The van der Waals surface area contributed by atoms with Gasteiger partial charge < -0.3 is 14.4 Å². The zero-order chi connectivity index (χ0) is 25.0. The quantitative estimate of drug-likeness (QED) is 0.233. The van der Waals surface area contributed by atoms with Crippen molar-refractivity contribution in [3.63, 3.8) is 0 Å². The first-order valence-electron chi connectivity index (χ1n) is 13.7. The van der Waals surface area contributed by atoms with Gasteiger partial charge in [-0.05, 0) is 41.0 Å². The summed E-state index contributed by atoms with van der Waals surface area (Å²) in [5.41, 5.74) is 5.49. The van der Waals surface area contributed by atoms with Crippen LogP contribution >= 0.6 is 0 Å². The smallest absolute Gasteiger partial charge is 0 e. The van der Waals surface area contributed by atoms with Crippen LogP contribution < -0.4 is 0 Å².